The predicted molar refractivity (Wildman–Crippen MR) is 418 cm³/mol. The summed E-state index contributed by atoms with van der Waals surface area (Å²) in [5, 5.41) is -0.136. The molecule has 0 radical (unpaired) electrons. The molecule has 24 nitrogen and oxygen atoms in total. The smallest absolute Gasteiger partial charge is 0.211 e. The molecule has 32 heteroatoms. The maximum atomic E-state index is 8.01. The van der Waals surface area contributed by atoms with Crippen LogP contribution >= 0.6 is 92.8 Å². The molecule has 13 heterocycles. The van der Waals surface area contributed by atoms with Crippen molar-refractivity contribution in [3.05, 3.63) is 236 Å². The third kappa shape index (κ3) is 13.7. The van der Waals surface area contributed by atoms with Gasteiger partial charge in [-0.2, -0.15) is 0 Å². The van der Waals surface area contributed by atoms with Crippen LogP contribution in [0.15, 0.2) is 196 Å². The lowest BCUT2D eigenvalue weighted by Gasteiger charge is -2.17. The lowest BCUT2D eigenvalue weighted by molar-refractivity contribution is -0.671. The fraction of sp³-hybridized carbons (Fsp3) is 0.100. The van der Waals surface area contributed by atoms with Crippen molar-refractivity contribution < 1.29 is 74.4 Å². The highest BCUT2D eigenvalue weighted by Gasteiger charge is 2.39. The van der Waals surface area contributed by atoms with Gasteiger partial charge in [0.15, 0.2) is 165 Å². The first-order valence-corrected chi connectivity index (χ1v) is 37.1. The zero-order valence-electron chi connectivity index (χ0n) is 60.0. The van der Waals surface area contributed by atoms with Crippen molar-refractivity contribution in [3.63, 3.8) is 0 Å². The molecule has 112 heavy (non-hydrogen) atoms. The van der Waals surface area contributed by atoms with Crippen LogP contribution in [-0.2, 0) is 56.4 Å². The van der Waals surface area contributed by atoms with Crippen LogP contribution in [0.1, 0.15) is 0 Å². The number of hydrogen-bond acceptors (Lipinski definition) is 14. The number of nitrogens with one attached hydrogen (secondary N) is 2. The monoisotopic (exact) mass is 1650 g/mol. The second kappa shape index (κ2) is 29.4. The summed E-state index contributed by atoms with van der Waals surface area (Å²) >= 11 is 64.0. The summed E-state index contributed by atoms with van der Waals surface area (Å²) in [6.07, 6.45) is 28.7. The highest BCUT2D eigenvalue weighted by atomic mass is 35.5. The van der Waals surface area contributed by atoms with Crippen LogP contribution in [0.3, 0.4) is 0 Å². The molecule has 11 aromatic heterocycles. The molecule has 0 saturated carbocycles. The molecule has 0 saturated heterocycles. The first-order valence-electron chi connectivity index (χ1n) is 34.1. The van der Waals surface area contributed by atoms with Gasteiger partial charge in [-0.25, -0.2) is 66.4 Å². The number of ether oxygens (including phenoxy) is 8. The topological polar surface area (TPSA) is 214 Å². The third-order valence-corrected chi connectivity index (χ3v) is 20.7. The minimum absolute atomic E-state index is 0.0302. The average Bonchev–Trinajstić information content (AvgIpc) is 1.56. The molecule has 2 N–H and O–H groups in total. The van der Waals surface area contributed by atoms with Gasteiger partial charge in [0.1, 0.15) is 79.0 Å². The molecule has 554 valence electrons. The second-order valence-electron chi connectivity index (χ2n) is 26.2. The van der Waals surface area contributed by atoms with Gasteiger partial charge in [0.25, 0.3) is 0 Å². The number of aromatic nitrogens is 16. The summed E-state index contributed by atoms with van der Waals surface area (Å²) in [7, 11) is 14.7. The van der Waals surface area contributed by atoms with E-state index < -0.39 is 0 Å². The van der Waals surface area contributed by atoms with E-state index >= 15 is 0 Å². The zero-order valence-corrected chi connectivity index (χ0v) is 66.1. The lowest BCUT2D eigenvalue weighted by Crippen LogP contribution is -2.26. The van der Waals surface area contributed by atoms with Gasteiger partial charge in [-0.3, -0.25) is 0 Å². The van der Waals surface area contributed by atoms with Gasteiger partial charge in [0.2, 0.25) is 49.6 Å². The van der Waals surface area contributed by atoms with Gasteiger partial charge >= 0.3 is 0 Å². The van der Waals surface area contributed by atoms with Gasteiger partial charge in [-0.05, 0) is 48.5 Å². The van der Waals surface area contributed by atoms with Gasteiger partial charge in [0, 0.05) is 48.5 Å². The summed E-state index contributed by atoms with van der Waals surface area (Å²) in [5.41, 5.74) is 0.262. The van der Waals surface area contributed by atoms with E-state index in [0.29, 0.717) is 46.0 Å². The van der Waals surface area contributed by atoms with Crippen LogP contribution in [0, 0.1) is 0 Å². The Morgan fingerprint density at radius 3 is 0.527 bits per heavy atom. The normalized spacial score (nSPS) is 11.6. The SMILES string of the molecule is C[n+]1cccc(Oc2c(Cl)c3c(c(Cl)c2Oc2ccc[n+](C)c2)-c2nc-3nc3[nH]c(nc4nc(nc5[nH]c(n2)c2c(Cl)c(Oc6ccc[n+](C)c6)c(Oc6ccc[n+](C)c6)c(Cl)c52)-c2c(Cl)c(Oc5ccc[n+](C)c5)c(Oc5ccc[n+](C)c5)c(Cl)c2-4)c2c(Cl)c(Oc4ccc[n+](C)c4)c(Oc4ccc[n+](C)c4)c(Cl)c32)c1. The number of H-pyrrole nitrogens is 2. The van der Waals surface area contributed by atoms with Crippen molar-refractivity contribution >= 4 is 137 Å². The summed E-state index contributed by atoms with van der Waals surface area (Å²) in [6.45, 7) is 0. The molecular formula is C80H58Cl8N16O8+8. The summed E-state index contributed by atoms with van der Waals surface area (Å²) < 4.78 is 69.2. The number of nitrogens with zero attached hydrogens (tertiary/aromatic N) is 14. The minimum Gasteiger partial charge on any atom is -0.445 e. The van der Waals surface area contributed by atoms with Gasteiger partial charge in [-0.15, -0.1) is 0 Å². The van der Waals surface area contributed by atoms with Gasteiger partial charge in [0.05, 0.1) is 84.0 Å². The number of aryl methyl sites for hydroxylation is 8. The minimum atomic E-state index is -0.118. The molecule has 0 aliphatic carbocycles. The summed E-state index contributed by atoms with van der Waals surface area (Å²) in [6, 6.07) is 28.4. The number of aromatic amines is 2. The highest BCUT2D eigenvalue weighted by Crippen LogP contribution is 2.60. The Kier molecular flexibility index (Phi) is 19.2. The van der Waals surface area contributed by atoms with E-state index in [1.807, 2.05) is 106 Å². The lowest BCUT2D eigenvalue weighted by atomic mass is 10.1. The first-order chi connectivity index (χ1) is 54.0. The highest BCUT2D eigenvalue weighted by molar-refractivity contribution is 6.47. The molecule has 8 bridgehead atoms. The number of benzene rings is 4. The zero-order chi connectivity index (χ0) is 77.7. The Morgan fingerprint density at radius 2 is 0.375 bits per heavy atom. The third-order valence-electron chi connectivity index (χ3n) is 17.8. The van der Waals surface area contributed by atoms with Crippen LogP contribution in [-0.4, -0.2) is 39.9 Å². The molecule has 0 unspecified atom stereocenters. The van der Waals surface area contributed by atoms with Gasteiger partial charge < -0.3 is 47.9 Å². The predicted octanol–water partition coefficient (Wildman–Crippen LogP) is 17.0. The van der Waals surface area contributed by atoms with E-state index in [0.717, 1.165) is 0 Å². The van der Waals surface area contributed by atoms with Crippen molar-refractivity contribution in [3.8, 4) is 138 Å². The van der Waals surface area contributed by atoms with E-state index in [1.165, 1.54) is 0 Å². The first kappa shape index (κ1) is 73.0. The van der Waals surface area contributed by atoms with Crippen molar-refractivity contribution in [2.75, 3.05) is 0 Å². The molecule has 0 fully saturated rings. The Labute approximate surface area is 676 Å². The Bertz CT molecular complexity index is 5910. The molecule has 2 aliphatic heterocycles. The molecule has 0 amide bonds. The maximum absolute atomic E-state index is 8.01. The molecule has 0 atom stereocenters. The standard InChI is InChI=1S/C80H58Cl8N16O8/c1-97-25-9-17-41(33-97)105-65-57(81)49-50(58(82)66(65)106-42-18-10-26-98(2)34-42)74-89-73(49)93-75-51-52(60(84)68(108-44-20-12-28-100(4)36-44)67(59(51)83)107-43-19-11-27-99(3)35-43)77(90-75)95-79-55-56(64(88)72(112-48-24-16-32-104(8)40-48)71(63(55)87)111-47-23-15-31-103(7)39-47)80(92-79)96-78-54-53(76(91-78)94-74)61(85)69(109-45-21-13-29-101(5)37-45)70(62(54)86)110-46-22-14-30-102(6)38-46/h9-40H,1-8H3,(H2,89,90,91,92,93,94,95,96)/q+8. The number of fused-ring (bicyclic) bond motifs is 20. The number of halogens is 8. The van der Waals surface area contributed by atoms with Crippen LogP contribution in [0.4, 0.5) is 0 Å². The van der Waals surface area contributed by atoms with E-state index in [4.69, 9.17) is 161 Å². The molecule has 17 rings (SSSR count). The summed E-state index contributed by atoms with van der Waals surface area (Å²) in [4.78, 5) is 39.3. The van der Waals surface area contributed by atoms with Crippen LogP contribution in [0.25, 0.3) is 89.7 Å². The van der Waals surface area contributed by atoms with Crippen molar-refractivity contribution in [2.45, 2.75) is 0 Å². The van der Waals surface area contributed by atoms with E-state index in [2.05, 4.69) is 9.97 Å². The largest absolute Gasteiger partial charge is 0.445 e. The maximum Gasteiger partial charge on any atom is 0.211 e. The molecular weight excluding hydrogens is 1600 g/mol. The van der Waals surface area contributed by atoms with E-state index in [9.17, 15) is 0 Å². The second-order valence-corrected chi connectivity index (χ2v) is 29.2. The number of pyridine rings is 8. The molecule has 2 aliphatic rings. The average molecular weight is 1660 g/mol. The van der Waals surface area contributed by atoms with Gasteiger partial charge in [-0.1, -0.05) is 92.8 Å². The van der Waals surface area contributed by atoms with E-state index in [1.54, 1.807) is 183 Å². The Balaban J connectivity index is 1.07. The van der Waals surface area contributed by atoms with Crippen LogP contribution < -0.4 is 74.4 Å². The van der Waals surface area contributed by atoms with Crippen molar-refractivity contribution in [2.24, 2.45) is 56.4 Å². The molecule has 4 aromatic carbocycles. The molecule has 15 aromatic rings. The fourth-order valence-corrected chi connectivity index (χ4v) is 15.4. The molecule has 0 spiro atoms. The van der Waals surface area contributed by atoms with Crippen LogP contribution in [0.5, 0.6) is 92.0 Å². The summed E-state index contributed by atoms with van der Waals surface area (Å²) in [5.74, 6) is 1.99. The Hall–Kier alpha value is -11.8. The Morgan fingerprint density at radius 1 is 0.223 bits per heavy atom. The number of rotatable bonds is 16. The van der Waals surface area contributed by atoms with Crippen molar-refractivity contribution in [1.82, 2.24) is 39.9 Å². The number of hydrogen-bond donors (Lipinski definition) is 2. The van der Waals surface area contributed by atoms with Crippen LogP contribution in [0.2, 0.25) is 40.2 Å². The fourth-order valence-electron chi connectivity index (χ4n) is 12.9. The quantitative estimate of drug-likeness (QED) is 0.0862. The van der Waals surface area contributed by atoms with Crippen molar-refractivity contribution in [1.29, 1.82) is 0 Å². The van der Waals surface area contributed by atoms with E-state index in [-0.39, 0.29) is 176 Å².